The summed E-state index contributed by atoms with van der Waals surface area (Å²) in [6, 6.07) is 31.4. The second kappa shape index (κ2) is 11.1. The van der Waals surface area contributed by atoms with Gasteiger partial charge in [-0.3, -0.25) is 4.79 Å². The van der Waals surface area contributed by atoms with Crippen LogP contribution >= 0.6 is 0 Å². The number of para-hydroxylation sites is 1. The molecule has 40 heavy (non-hydrogen) atoms. The molecule has 5 aromatic rings. The predicted octanol–water partition coefficient (Wildman–Crippen LogP) is 7.07. The van der Waals surface area contributed by atoms with Crippen molar-refractivity contribution in [2.75, 3.05) is 13.3 Å². The van der Waals surface area contributed by atoms with Crippen molar-refractivity contribution < 1.29 is 14.3 Å². The maximum atomic E-state index is 12.7. The minimum Gasteiger partial charge on any atom is -0.454 e. The van der Waals surface area contributed by atoms with E-state index in [9.17, 15) is 4.79 Å². The number of ether oxygens (including phenoxy) is 2. The summed E-state index contributed by atoms with van der Waals surface area (Å²) >= 11 is 0. The molecule has 0 spiro atoms. The number of carbonyl (C=O) groups is 1. The Labute approximate surface area is 234 Å². The zero-order valence-corrected chi connectivity index (χ0v) is 22.8. The van der Waals surface area contributed by atoms with E-state index in [2.05, 4.69) is 90.5 Å². The fraction of sp³-hybridized carbons (Fsp3) is 0.171. The first-order chi connectivity index (χ1) is 19.6. The van der Waals surface area contributed by atoms with Crippen LogP contribution in [0.1, 0.15) is 27.8 Å². The molecule has 6 rings (SSSR count). The molecule has 5 nitrogen and oxygen atoms in total. The van der Waals surface area contributed by atoms with Gasteiger partial charge in [-0.25, -0.2) is 0 Å². The molecule has 0 aliphatic carbocycles. The molecule has 1 N–H and O–H groups in total. The molecule has 0 bridgehead atoms. The van der Waals surface area contributed by atoms with Crippen LogP contribution in [-0.2, 0) is 17.8 Å². The van der Waals surface area contributed by atoms with Gasteiger partial charge in [-0.15, -0.1) is 0 Å². The minimum atomic E-state index is -0.127. The van der Waals surface area contributed by atoms with E-state index in [1.165, 1.54) is 44.4 Å². The van der Waals surface area contributed by atoms with Gasteiger partial charge in [-0.1, -0.05) is 78.4 Å². The number of aromatic nitrogens is 1. The Balaban J connectivity index is 1.28. The van der Waals surface area contributed by atoms with Crippen LogP contribution in [0.4, 0.5) is 0 Å². The van der Waals surface area contributed by atoms with Gasteiger partial charge in [0.25, 0.3) is 0 Å². The Morgan fingerprint density at radius 3 is 2.58 bits per heavy atom. The Morgan fingerprint density at radius 1 is 0.900 bits per heavy atom. The van der Waals surface area contributed by atoms with E-state index in [4.69, 9.17) is 9.47 Å². The third-order valence-corrected chi connectivity index (χ3v) is 7.45. The standard InChI is InChI=1S/C35H32N2O3/c1-24-12-13-25(2)28(20-24)22-37-31-11-7-6-10-29(31)30(35(37)27-8-4-3-5-9-27)18-19-36-34(38)17-15-26-14-16-32-33(21-26)40-23-39-32/h3-17,20-21H,18-19,22-23H2,1-2H3,(H,36,38)/b17-15+. The Bertz CT molecular complexity index is 1720. The second-order valence-electron chi connectivity index (χ2n) is 10.2. The number of aryl methyl sites for hydroxylation is 2. The van der Waals surface area contributed by atoms with Crippen molar-refractivity contribution in [3.63, 3.8) is 0 Å². The van der Waals surface area contributed by atoms with E-state index in [-0.39, 0.29) is 12.7 Å². The minimum absolute atomic E-state index is 0.127. The highest BCUT2D eigenvalue weighted by Gasteiger charge is 2.19. The van der Waals surface area contributed by atoms with Gasteiger partial charge in [0, 0.05) is 30.1 Å². The summed E-state index contributed by atoms with van der Waals surface area (Å²) in [5.74, 6) is 1.30. The molecule has 1 aromatic heterocycles. The van der Waals surface area contributed by atoms with Crippen molar-refractivity contribution in [2.24, 2.45) is 0 Å². The SMILES string of the molecule is Cc1ccc(C)c(Cn2c(-c3ccccc3)c(CCNC(=O)/C=C/c3ccc4c(c3)OCO4)c3ccccc32)c1. The van der Waals surface area contributed by atoms with Crippen LogP contribution in [0.3, 0.4) is 0 Å². The number of fused-ring (bicyclic) bond motifs is 2. The highest BCUT2D eigenvalue weighted by atomic mass is 16.7. The van der Waals surface area contributed by atoms with Crippen molar-refractivity contribution in [1.29, 1.82) is 0 Å². The number of nitrogens with zero attached hydrogens (tertiary/aromatic N) is 1. The third kappa shape index (κ3) is 5.23. The fourth-order valence-electron chi connectivity index (χ4n) is 5.42. The number of hydrogen-bond donors (Lipinski definition) is 1. The maximum Gasteiger partial charge on any atom is 0.244 e. The molecule has 2 heterocycles. The summed E-state index contributed by atoms with van der Waals surface area (Å²) in [6.07, 6.45) is 4.08. The number of amides is 1. The van der Waals surface area contributed by atoms with Crippen LogP contribution in [0.25, 0.3) is 28.2 Å². The van der Waals surface area contributed by atoms with E-state index in [1.807, 2.05) is 24.3 Å². The lowest BCUT2D eigenvalue weighted by Crippen LogP contribution is -2.23. The summed E-state index contributed by atoms with van der Waals surface area (Å²) in [6.45, 7) is 5.86. The first kappa shape index (κ1) is 25.5. The lowest BCUT2D eigenvalue weighted by atomic mass is 10.0. The Morgan fingerprint density at radius 2 is 1.70 bits per heavy atom. The lowest BCUT2D eigenvalue weighted by Gasteiger charge is -2.15. The molecule has 5 heteroatoms. The predicted molar refractivity (Wildman–Crippen MR) is 161 cm³/mol. The quantitative estimate of drug-likeness (QED) is 0.219. The van der Waals surface area contributed by atoms with Crippen molar-refractivity contribution in [1.82, 2.24) is 9.88 Å². The van der Waals surface area contributed by atoms with E-state index in [1.54, 1.807) is 12.2 Å². The monoisotopic (exact) mass is 528 g/mol. The molecule has 0 unspecified atom stereocenters. The molecular formula is C35H32N2O3. The van der Waals surface area contributed by atoms with Crippen LogP contribution in [0, 0.1) is 13.8 Å². The zero-order valence-electron chi connectivity index (χ0n) is 22.8. The summed E-state index contributed by atoms with van der Waals surface area (Å²) in [7, 11) is 0. The molecule has 0 fully saturated rings. The van der Waals surface area contributed by atoms with Crippen LogP contribution in [0.15, 0.2) is 97.1 Å². The van der Waals surface area contributed by atoms with Crippen molar-refractivity contribution in [3.8, 4) is 22.8 Å². The van der Waals surface area contributed by atoms with Gasteiger partial charge in [0.2, 0.25) is 12.7 Å². The van der Waals surface area contributed by atoms with Crippen molar-refractivity contribution in [2.45, 2.75) is 26.8 Å². The van der Waals surface area contributed by atoms with Gasteiger partial charge < -0.3 is 19.4 Å². The van der Waals surface area contributed by atoms with E-state index in [0.29, 0.717) is 18.7 Å². The zero-order chi connectivity index (χ0) is 27.5. The second-order valence-corrected chi connectivity index (χ2v) is 10.2. The summed E-state index contributed by atoms with van der Waals surface area (Å²) in [4.78, 5) is 12.7. The third-order valence-electron chi connectivity index (χ3n) is 7.45. The fourth-order valence-corrected chi connectivity index (χ4v) is 5.42. The van der Waals surface area contributed by atoms with Crippen LogP contribution in [0.5, 0.6) is 11.5 Å². The first-order valence-corrected chi connectivity index (χ1v) is 13.6. The lowest BCUT2D eigenvalue weighted by molar-refractivity contribution is -0.116. The van der Waals surface area contributed by atoms with Gasteiger partial charge >= 0.3 is 0 Å². The largest absolute Gasteiger partial charge is 0.454 e. The Kier molecular flexibility index (Phi) is 7.11. The summed E-state index contributed by atoms with van der Waals surface area (Å²) in [5, 5.41) is 4.30. The number of carbonyl (C=O) groups excluding carboxylic acids is 1. The van der Waals surface area contributed by atoms with Crippen LogP contribution in [-0.4, -0.2) is 23.8 Å². The summed E-state index contributed by atoms with van der Waals surface area (Å²) in [5.41, 5.74) is 9.56. The first-order valence-electron chi connectivity index (χ1n) is 13.6. The maximum absolute atomic E-state index is 12.7. The summed E-state index contributed by atoms with van der Waals surface area (Å²) < 4.78 is 13.2. The molecular weight excluding hydrogens is 496 g/mol. The average Bonchev–Trinajstić information content (AvgIpc) is 3.57. The average molecular weight is 529 g/mol. The molecule has 0 saturated heterocycles. The van der Waals surface area contributed by atoms with E-state index in [0.717, 1.165) is 17.9 Å². The van der Waals surface area contributed by atoms with E-state index < -0.39 is 0 Å². The number of benzene rings is 4. The Hall–Kier alpha value is -4.77. The van der Waals surface area contributed by atoms with Gasteiger partial charge in [-0.2, -0.15) is 0 Å². The normalized spacial score (nSPS) is 12.3. The van der Waals surface area contributed by atoms with Gasteiger partial charge in [0.1, 0.15) is 0 Å². The van der Waals surface area contributed by atoms with Gasteiger partial charge in [0.05, 0.1) is 5.69 Å². The molecule has 1 aliphatic rings. The van der Waals surface area contributed by atoms with Crippen LogP contribution in [0.2, 0.25) is 0 Å². The van der Waals surface area contributed by atoms with Crippen molar-refractivity contribution in [3.05, 3.63) is 125 Å². The molecule has 0 atom stereocenters. The van der Waals surface area contributed by atoms with Crippen LogP contribution < -0.4 is 14.8 Å². The van der Waals surface area contributed by atoms with E-state index >= 15 is 0 Å². The van der Waals surface area contributed by atoms with Crippen molar-refractivity contribution >= 4 is 22.9 Å². The molecule has 0 saturated carbocycles. The molecule has 1 amide bonds. The molecule has 200 valence electrons. The molecule has 1 aliphatic heterocycles. The molecule has 0 radical (unpaired) electrons. The topological polar surface area (TPSA) is 52.5 Å². The van der Waals surface area contributed by atoms with Gasteiger partial charge in [-0.05, 0) is 72.4 Å². The number of rotatable bonds is 8. The number of nitrogens with one attached hydrogen (secondary N) is 1. The highest BCUT2D eigenvalue weighted by molar-refractivity contribution is 5.93. The molecule has 4 aromatic carbocycles. The van der Waals surface area contributed by atoms with Gasteiger partial charge in [0.15, 0.2) is 11.5 Å². The smallest absolute Gasteiger partial charge is 0.244 e. The number of hydrogen-bond acceptors (Lipinski definition) is 3. The highest BCUT2D eigenvalue weighted by Crippen LogP contribution is 2.35.